The number of carbonyl (C=O) groups is 1. The molecule has 0 unspecified atom stereocenters. The van der Waals surface area contributed by atoms with Gasteiger partial charge in [0.05, 0.1) is 6.21 Å². The second-order valence-corrected chi connectivity index (χ2v) is 10.9. The van der Waals surface area contributed by atoms with Gasteiger partial charge in [0.15, 0.2) is 0 Å². The summed E-state index contributed by atoms with van der Waals surface area (Å²) in [7, 11) is 0. The van der Waals surface area contributed by atoms with E-state index in [4.69, 9.17) is 11.6 Å². The zero-order valence-corrected chi connectivity index (χ0v) is 23.4. The minimum atomic E-state index is -0.219. The molecule has 1 aliphatic rings. The van der Waals surface area contributed by atoms with Crippen molar-refractivity contribution in [2.45, 2.75) is 39.7 Å². The zero-order valence-electron chi connectivity index (χ0n) is 22.6. The summed E-state index contributed by atoms with van der Waals surface area (Å²) in [6.45, 7) is 7.22. The fourth-order valence-corrected chi connectivity index (χ4v) is 5.66. The number of rotatable bonds is 8. The Bertz CT molecular complexity index is 1430. The van der Waals surface area contributed by atoms with Crippen LogP contribution in [-0.2, 0) is 13.0 Å². The van der Waals surface area contributed by atoms with E-state index in [0.717, 1.165) is 48.2 Å². The molecule has 0 atom stereocenters. The Kier molecular flexibility index (Phi) is 8.60. The maximum absolute atomic E-state index is 12.7. The Labute approximate surface area is 236 Å². The van der Waals surface area contributed by atoms with Crippen molar-refractivity contribution in [3.8, 4) is 5.69 Å². The summed E-state index contributed by atoms with van der Waals surface area (Å²) in [4.78, 5) is 15.2. The number of benzene rings is 3. The molecule has 0 saturated carbocycles. The predicted octanol–water partition coefficient (Wildman–Crippen LogP) is 6.97. The van der Waals surface area contributed by atoms with Gasteiger partial charge < -0.3 is 4.57 Å². The average molecular weight is 539 g/mol. The number of hydrazone groups is 1. The van der Waals surface area contributed by atoms with E-state index in [0.29, 0.717) is 10.6 Å². The minimum absolute atomic E-state index is 0.219. The second kappa shape index (κ2) is 12.5. The summed E-state index contributed by atoms with van der Waals surface area (Å²) in [6.07, 6.45) is 5.33. The van der Waals surface area contributed by atoms with E-state index in [9.17, 15) is 4.79 Å². The lowest BCUT2D eigenvalue weighted by molar-refractivity contribution is 0.0955. The number of aryl methyl sites for hydroxylation is 1. The summed E-state index contributed by atoms with van der Waals surface area (Å²) in [5.41, 5.74) is 9.97. The smallest absolute Gasteiger partial charge is 0.271 e. The van der Waals surface area contributed by atoms with Gasteiger partial charge in [-0.3, -0.25) is 9.69 Å². The van der Waals surface area contributed by atoms with E-state index < -0.39 is 0 Å². The van der Waals surface area contributed by atoms with Crippen LogP contribution in [0.4, 0.5) is 0 Å². The number of nitrogens with one attached hydrogen (secondary N) is 1. The summed E-state index contributed by atoms with van der Waals surface area (Å²) < 4.78 is 2.12. The van der Waals surface area contributed by atoms with Gasteiger partial charge in [-0.15, -0.1) is 0 Å². The summed E-state index contributed by atoms with van der Waals surface area (Å²) in [6, 6.07) is 28.5. The fourth-order valence-electron chi connectivity index (χ4n) is 5.47. The first kappa shape index (κ1) is 26.9. The first-order chi connectivity index (χ1) is 19.0. The van der Waals surface area contributed by atoms with Crippen LogP contribution >= 0.6 is 11.6 Å². The van der Waals surface area contributed by atoms with Crippen molar-refractivity contribution in [3.05, 3.63) is 124 Å². The normalized spacial score (nSPS) is 14.6. The molecule has 0 aliphatic carbocycles. The first-order valence-corrected chi connectivity index (χ1v) is 14.0. The minimum Gasteiger partial charge on any atom is -0.318 e. The molecule has 1 aliphatic heterocycles. The molecule has 0 bridgehead atoms. The molecule has 6 heteroatoms. The zero-order chi connectivity index (χ0) is 27.2. The van der Waals surface area contributed by atoms with Crippen molar-refractivity contribution >= 4 is 23.7 Å². The number of piperidine rings is 1. The molecule has 1 aromatic heterocycles. The topological polar surface area (TPSA) is 49.6 Å². The van der Waals surface area contributed by atoms with E-state index in [1.54, 1.807) is 6.21 Å². The average Bonchev–Trinajstić information content (AvgIpc) is 3.23. The van der Waals surface area contributed by atoms with Crippen LogP contribution in [0.1, 0.15) is 51.3 Å². The molecule has 2 heterocycles. The Balaban J connectivity index is 1.12. The lowest BCUT2D eigenvalue weighted by atomic mass is 9.90. The van der Waals surface area contributed by atoms with Crippen LogP contribution in [-0.4, -0.2) is 34.7 Å². The third kappa shape index (κ3) is 6.86. The molecule has 3 aromatic carbocycles. The molecule has 5 rings (SSSR count). The largest absolute Gasteiger partial charge is 0.318 e. The number of hydrogen-bond acceptors (Lipinski definition) is 3. The van der Waals surface area contributed by atoms with Gasteiger partial charge in [0.2, 0.25) is 0 Å². The summed E-state index contributed by atoms with van der Waals surface area (Å²) in [5, 5.41) is 4.92. The van der Waals surface area contributed by atoms with Crippen LogP contribution in [0.25, 0.3) is 5.69 Å². The van der Waals surface area contributed by atoms with Crippen molar-refractivity contribution in [1.29, 1.82) is 0 Å². The third-order valence-corrected chi connectivity index (χ3v) is 7.84. The van der Waals surface area contributed by atoms with Gasteiger partial charge >= 0.3 is 0 Å². The van der Waals surface area contributed by atoms with E-state index in [1.807, 2.05) is 68.4 Å². The van der Waals surface area contributed by atoms with Gasteiger partial charge in [-0.1, -0.05) is 60.1 Å². The highest BCUT2D eigenvalue weighted by molar-refractivity contribution is 6.30. The Morgan fingerprint density at radius 1 is 0.949 bits per heavy atom. The van der Waals surface area contributed by atoms with Crippen LogP contribution in [0.5, 0.6) is 0 Å². The lowest BCUT2D eigenvalue weighted by Gasteiger charge is -2.32. The SMILES string of the molecule is Cc1cc(/C=N/NC(=O)c2ccc(CN3CCC(Cc4ccccc4)CC3)cc2)c(C)n1-c1cccc(Cl)c1. The number of amides is 1. The quantitative estimate of drug-likeness (QED) is 0.194. The van der Waals surface area contributed by atoms with Crippen molar-refractivity contribution in [2.24, 2.45) is 11.0 Å². The van der Waals surface area contributed by atoms with Crippen molar-refractivity contribution in [1.82, 2.24) is 14.9 Å². The van der Waals surface area contributed by atoms with Crippen LogP contribution in [0, 0.1) is 19.8 Å². The molecule has 39 heavy (non-hydrogen) atoms. The summed E-state index contributed by atoms with van der Waals surface area (Å²) in [5.74, 6) is 0.543. The maximum atomic E-state index is 12.7. The molecule has 0 spiro atoms. The standard InChI is InChI=1S/C33H35ClN4O/c1-24-19-30(25(2)38(24)32-10-6-9-31(34)21-32)22-35-36-33(39)29-13-11-28(12-14-29)23-37-17-15-27(16-18-37)20-26-7-4-3-5-8-26/h3-14,19,21-22,27H,15-18,20,23H2,1-2H3,(H,36,39)/b35-22+. The first-order valence-electron chi connectivity index (χ1n) is 13.6. The number of likely N-dealkylation sites (tertiary alicyclic amines) is 1. The van der Waals surface area contributed by atoms with Gasteiger partial charge in [-0.2, -0.15) is 5.10 Å². The van der Waals surface area contributed by atoms with Gasteiger partial charge in [-0.25, -0.2) is 5.43 Å². The Morgan fingerprint density at radius 2 is 1.69 bits per heavy atom. The van der Waals surface area contributed by atoms with E-state index in [-0.39, 0.29) is 5.91 Å². The monoisotopic (exact) mass is 538 g/mol. The second-order valence-electron chi connectivity index (χ2n) is 10.4. The number of carbonyl (C=O) groups excluding carboxylic acids is 1. The Hall–Kier alpha value is -3.67. The van der Waals surface area contributed by atoms with Crippen molar-refractivity contribution in [2.75, 3.05) is 13.1 Å². The van der Waals surface area contributed by atoms with Crippen LogP contribution < -0.4 is 5.43 Å². The number of hydrogen-bond donors (Lipinski definition) is 1. The lowest BCUT2D eigenvalue weighted by Crippen LogP contribution is -2.33. The molecule has 0 radical (unpaired) electrons. The molecular weight excluding hydrogens is 504 g/mol. The highest BCUT2D eigenvalue weighted by atomic mass is 35.5. The van der Waals surface area contributed by atoms with Crippen molar-refractivity contribution < 1.29 is 4.79 Å². The third-order valence-electron chi connectivity index (χ3n) is 7.60. The molecule has 1 saturated heterocycles. The highest BCUT2D eigenvalue weighted by Gasteiger charge is 2.19. The fraction of sp³-hybridized carbons (Fsp3) is 0.273. The highest BCUT2D eigenvalue weighted by Crippen LogP contribution is 2.24. The van der Waals surface area contributed by atoms with Crippen LogP contribution in [0.2, 0.25) is 5.02 Å². The van der Waals surface area contributed by atoms with Gasteiger partial charge in [0.1, 0.15) is 0 Å². The van der Waals surface area contributed by atoms with Crippen molar-refractivity contribution in [3.63, 3.8) is 0 Å². The molecule has 5 nitrogen and oxygen atoms in total. The molecular formula is C33H35ClN4O. The maximum Gasteiger partial charge on any atom is 0.271 e. The van der Waals surface area contributed by atoms with E-state index >= 15 is 0 Å². The van der Waals surface area contributed by atoms with Gasteiger partial charge in [0, 0.05) is 39.8 Å². The molecule has 1 amide bonds. The molecule has 200 valence electrons. The Morgan fingerprint density at radius 3 is 2.41 bits per heavy atom. The molecule has 1 fully saturated rings. The summed E-state index contributed by atoms with van der Waals surface area (Å²) >= 11 is 6.18. The number of nitrogens with zero attached hydrogens (tertiary/aromatic N) is 3. The van der Waals surface area contributed by atoms with Crippen LogP contribution in [0.15, 0.2) is 90.0 Å². The van der Waals surface area contributed by atoms with Gasteiger partial charge in [-0.05, 0) is 99.6 Å². The molecule has 4 aromatic rings. The van der Waals surface area contributed by atoms with E-state index in [1.165, 1.54) is 30.4 Å². The number of halogens is 1. The number of aromatic nitrogens is 1. The predicted molar refractivity (Wildman–Crippen MR) is 160 cm³/mol. The van der Waals surface area contributed by atoms with Crippen LogP contribution in [0.3, 0.4) is 0 Å². The van der Waals surface area contributed by atoms with E-state index in [2.05, 4.69) is 50.3 Å². The van der Waals surface area contributed by atoms with Gasteiger partial charge in [0.25, 0.3) is 5.91 Å². The molecule has 1 N–H and O–H groups in total.